The molecule has 0 atom stereocenters. The fourth-order valence-corrected chi connectivity index (χ4v) is 1.75. The van der Waals surface area contributed by atoms with Gasteiger partial charge in [-0.15, -0.1) is 0 Å². The Balaban J connectivity index is 0.000000956. The van der Waals surface area contributed by atoms with Crippen LogP contribution in [-0.4, -0.2) is 20.9 Å². The fraction of sp³-hybridized carbons (Fsp3) is 0.231. The number of nitrogens with zero attached hydrogens (tertiary/aromatic N) is 3. The highest BCUT2D eigenvalue weighted by Gasteiger charge is 2.16. The molecule has 0 unspecified atom stereocenters. The minimum absolute atomic E-state index is 0.00701. The van der Waals surface area contributed by atoms with Gasteiger partial charge in [-0.2, -0.15) is 0 Å². The molecule has 0 spiro atoms. The van der Waals surface area contributed by atoms with Gasteiger partial charge in [0.25, 0.3) is 5.91 Å². The number of anilines is 1. The first-order valence-corrected chi connectivity index (χ1v) is 6.73. The Morgan fingerprint density at radius 1 is 1.10 bits per heavy atom. The second kappa shape index (κ2) is 7.77. The van der Waals surface area contributed by atoms with Crippen molar-refractivity contribution in [3.63, 3.8) is 0 Å². The van der Waals surface area contributed by atoms with E-state index in [9.17, 15) is 4.79 Å². The molecule has 0 aliphatic carbocycles. The maximum Gasteiger partial charge on any atom is 0.261 e. The molecule has 1 amide bonds. The molecule has 7 heteroatoms. The second-order valence-corrected chi connectivity index (χ2v) is 4.19. The first-order chi connectivity index (χ1) is 9.58. The summed E-state index contributed by atoms with van der Waals surface area (Å²) in [5.74, 6) is -0.476. The van der Waals surface area contributed by atoms with Crippen LogP contribution >= 0.6 is 23.2 Å². The molecule has 20 heavy (non-hydrogen) atoms. The minimum Gasteiger partial charge on any atom is -0.320 e. The van der Waals surface area contributed by atoms with E-state index in [1.165, 1.54) is 6.33 Å². The molecule has 2 heterocycles. The van der Waals surface area contributed by atoms with Gasteiger partial charge in [-0.25, -0.2) is 9.97 Å². The van der Waals surface area contributed by atoms with Crippen molar-refractivity contribution in [1.82, 2.24) is 15.0 Å². The van der Waals surface area contributed by atoms with Gasteiger partial charge in [0.1, 0.15) is 22.2 Å². The van der Waals surface area contributed by atoms with Gasteiger partial charge in [0, 0.05) is 5.69 Å². The molecule has 0 saturated carbocycles. The van der Waals surface area contributed by atoms with E-state index in [0.29, 0.717) is 5.69 Å². The number of hydrogen-bond donors (Lipinski definition) is 1. The fourth-order valence-electron chi connectivity index (χ4n) is 1.27. The normalized spacial score (nSPS) is 9.45. The Morgan fingerprint density at radius 3 is 2.20 bits per heavy atom. The van der Waals surface area contributed by atoms with E-state index in [4.69, 9.17) is 23.2 Å². The van der Waals surface area contributed by atoms with Gasteiger partial charge in [0.15, 0.2) is 0 Å². The Morgan fingerprint density at radius 2 is 1.70 bits per heavy atom. The second-order valence-electron chi connectivity index (χ2n) is 3.47. The van der Waals surface area contributed by atoms with E-state index in [1.54, 1.807) is 18.3 Å². The molecule has 0 saturated heterocycles. The van der Waals surface area contributed by atoms with Crippen molar-refractivity contribution in [2.45, 2.75) is 20.8 Å². The van der Waals surface area contributed by atoms with E-state index >= 15 is 0 Å². The highest BCUT2D eigenvalue weighted by molar-refractivity contribution is 6.38. The van der Waals surface area contributed by atoms with Crippen molar-refractivity contribution >= 4 is 34.8 Å². The lowest BCUT2D eigenvalue weighted by molar-refractivity contribution is 0.102. The molecular weight excluding hydrogens is 299 g/mol. The molecule has 2 rings (SSSR count). The number of carbonyl (C=O) groups is 1. The van der Waals surface area contributed by atoms with Crippen LogP contribution in [0.2, 0.25) is 10.3 Å². The maximum atomic E-state index is 12.0. The number of nitrogens with one attached hydrogen (secondary N) is 1. The average molecular weight is 313 g/mol. The zero-order valence-corrected chi connectivity index (χ0v) is 12.8. The topological polar surface area (TPSA) is 67.8 Å². The number of rotatable bonds is 2. The van der Waals surface area contributed by atoms with Gasteiger partial charge in [0.05, 0.1) is 11.9 Å². The van der Waals surface area contributed by atoms with Crippen molar-refractivity contribution in [2.75, 3.05) is 5.32 Å². The van der Waals surface area contributed by atoms with E-state index in [1.807, 2.05) is 20.8 Å². The largest absolute Gasteiger partial charge is 0.320 e. The predicted octanol–water partition coefficient (Wildman–Crippen LogP) is 3.77. The maximum absolute atomic E-state index is 12.0. The molecule has 5 nitrogen and oxygen atoms in total. The third kappa shape index (κ3) is 4.15. The van der Waals surface area contributed by atoms with E-state index in [0.717, 1.165) is 5.69 Å². The summed E-state index contributed by atoms with van der Waals surface area (Å²) in [7, 11) is 0. The van der Waals surface area contributed by atoms with Crippen molar-refractivity contribution in [1.29, 1.82) is 0 Å². The standard InChI is InChI=1S/C11H8Cl2N4O.C2H6/c1-6-2-3-7(4-14-6)17-11(18)8-9(12)15-5-16-10(8)13;1-2/h2-5H,1H3,(H,17,18);1-2H3. The molecule has 2 aromatic rings. The number of aromatic nitrogens is 3. The first kappa shape index (κ1) is 16.3. The lowest BCUT2D eigenvalue weighted by atomic mass is 10.3. The van der Waals surface area contributed by atoms with Gasteiger partial charge >= 0.3 is 0 Å². The van der Waals surface area contributed by atoms with Crippen LogP contribution in [-0.2, 0) is 0 Å². The monoisotopic (exact) mass is 312 g/mol. The molecule has 1 N–H and O–H groups in total. The van der Waals surface area contributed by atoms with Crippen LogP contribution in [0.5, 0.6) is 0 Å². The molecular formula is C13H14Cl2N4O. The van der Waals surface area contributed by atoms with Crippen molar-refractivity contribution < 1.29 is 4.79 Å². The Labute approximate surface area is 127 Å². The number of pyridine rings is 1. The number of amides is 1. The molecule has 2 aromatic heterocycles. The van der Waals surface area contributed by atoms with Crippen LogP contribution in [0.4, 0.5) is 5.69 Å². The number of hydrogen-bond acceptors (Lipinski definition) is 4. The number of carbonyl (C=O) groups excluding carboxylic acids is 1. The van der Waals surface area contributed by atoms with Gasteiger partial charge in [-0.1, -0.05) is 37.0 Å². The summed E-state index contributed by atoms with van der Waals surface area (Å²) in [6.45, 7) is 5.85. The summed E-state index contributed by atoms with van der Waals surface area (Å²) in [5.41, 5.74) is 1.44. The van der Waals surface area contributed by atoms with Gasteiger partial charge in [0.2, 0.25) is 0 Å². The summed E-state index contributed by atoms with van der Waals surface area (Å²) in [6.07, 6.45) is 2.73. The molecule has 0 fully saturated rings. The summed E-state index contributed by atoms with van der Waals surface area (Å²) in [6, 6.07) is 3.51. The van der Waals surface area contributed by atoms with E-state index < -0.39 is 5.91 Å². The summed E-state index contributed by atoms with van der Waals surface area (Å²) in [4.78, 5) is 23.4. The average Bonchev–Trinajstić information content (AvgIpc) is 2.43. The highest BCUT2D eigenvalue weighted by Crippen LogP contribution is 2.21. The summed E-state index contributed by atoms with van der Waals surface area (Å²) >= 11 is 11.6. The summed E-state index contributed by atoms with van der Waals surface area (Å²) < 4.78 is 0. The Hall–Kier alpha value is -1.72. The van der Waals surface area contributed by atoms with E-state index in [-0.39, 0.29) is 15.9 Å². The van der Waals surface area contributed by atoms with Gasteiger partial charge < -0.3 is 5.32 Å². The SMILES string of the molecule is CC.Cc1ccc(NC(=O)c2c(Cl)ncnc2Cl)cn1. The highest BCUT2D eigenvalue weighted by atomic mass is 35.5. The van der Waals surface area contributed by atoms with Gasteiger partial charge in [-0.3, -0.25) is 9.78 Å². The minimum atomic E-state index is -0.476. The molecule has 0 aliphatic rings. The molecule has 0 bridgehead atoms. The third-order valence-corrected chi connectivity index (χ3v) is 2.72. The lowest BCUT2D eigenvalue weighted by Crippen LogP contribution is -2.14. The van der Waals surface area contributed by atoms with Crippen LogP contribution in [0.15, 0.2) is 24.7 Å². The molecule has 0 radical (unpaired) electrons. The third-order valence-electron chi connectivity index (χ3n) is 2.15. The van der Waals surface area contributed by atoms with Crippen LogP contribution in [0.1, 0.15) is 29.9 Å². The summed E-state index contributed by atoms with van der Waals surface area (Å²) in [5, 5.41) is 2.63. The van der Waals surface area contributed by atoms with Crippen molar-refractivity contribution in [3.8, 4) is 0 Å². The number of halogens is 2. The smallest absolute Gasteiger partial charge is 0.261 e. The molecule has 106 valence electrons. The zero-order chi connectivity index (χ0) is 15.1. The number of aryl methyl sites for hydroxylation is 1. The van der Waals surface area contributed by atoms with E-state index in [2.05, 4.69) is 20.3 Å². The van der Waals surface area contributed by atoms with Crippen molar-refractivity contribution in [3.05, 3.63) is 46.2 Å². The quantitative estimate of drug-likeness (QED) is 0.857. The zero-order valence-electron chi connectivity index (χ0n) is 11.3. The van der Waals surface area contributed by atoms with Crippen LogP contribution < -0.4 is 5.32 Å². The lowest BCUT2D eigenvalue weighted by Gasteiger charge is -2.06. The van der Waals surface area contributed by atoms with Crippen LogP contribution in [0.3, 0.4) is 0 Å². The van der Waals surface area contributed by atoms with Crippen LogP contribution in [0, 0.1) is 6.92 Å². The van der Waals surface area contributed by atoms with Crippen LogP contribution in [0.25, 0.3) is 0 Å². The molecule has 0 aliphatic heterocycles. The molecule has 0 aromatic carbocycles. The Bertz CT molecular complexity index is 567. The van der Waals surface area contributed by atoms with Crippen molar-refractivity contribution in [2.24, 2.45) is 0 Å². The predicted molar refractivity (Wildman–Crippen MR) is 80.3 cm³/mol. The Kier molecular flexibility index (Phi) is 6.35. The van der Waals surface area contributed by atoms with Gasteiger partial charge in [-0.05, 0) is 19.1 Å². The first-order valence-electron chi connectivity index (χ1n) is 5.98.